The van der Waals surface area contributed by atoms with E-state index in [0.29, 0.717) is 67.5 Å². The minimum absolute atomic E-state index is 0.109. The van der Waals surface area contributed by atoms with Crippen molar-refractivity contribution in [1.82, 2.24) is 17.7 Å². The topological polar surface area (TPSA) is 212 Å². The van der Waals surface area contributed by atoms with Crippen molar-refractivity contribution >= 4 is 88.8 Å². The number of hydrogen-bond donors (Lipinski definition) is 2. The van der Waals surface area contributed by atoms with E-state index >= 15 is 0 Å². The van der Waals surface area contributed by atoms with Gasteiger partial charge in [0.1, 0.15) is 36.5 Å². The third-order valence-corrected chi connectivity index (χ3v) is 18.9. The summed E-state index contributed by atoms with van der Waals surface area (Å²) in [6.07, 6.45) is -1.43. The van der Waals surface area contributed by atoms with Crippen molar-refractivity contribution in [3.63, 3.8) is 0 Å². The standard InChI is InChI=1S/2C30H27ClN2O6S/c2*31-22-9-6-8-21(15-22)29-28(32(18-19-13-14-19)30(36)26(39-29)17-27(34)35)25-16-20-7-4-5-12-24(20)33(25)40(37,38)23-10-2-1-3-11-23/h2*1-12,15-16,19,26,28-29H,13-14,17-18H2,(H,34,35)/t26-,28+,29+;26-,28-,29-/m01/s1. The number of morpholine rings is 2. The Balaban J connectivity index is 0.000000169. The first kappa shape index (κ1) is 54.6. The predicted octanol–water partition coefficient (Wildman–Crippen LogP) is 10.9. The number of aliphatic carboxylic acids is 2. The van der Waals surface area contributed by atoms with E-state index in [0.717, 1.165) is 25.7 Å². The average molecular weight is 1160 g/mol. The number of ether oxygens (including phenoxy) is 2. The lowest BCUT2D eigenvalue weighted by atomic mass is 9.94. The van der Waals surface area contributed by atoms with Gasteiger partial charge in [-0.3, -0.25) is 19.2 Å². The second kappa shape index (κ2) is 22.3. The number of nitrogens with zero attached hydrogens (tertiary/aromatic N) is 4. The smallest absolute Gasteiger partial charge is 0.306 e. The van der Waals surface area contributed by atoms with Crippen LogP contribution in [0.5, 0.6) is 0 Å². The van der Waals surface area contributed by atoms with Crippen LogP contribution in [-0.2, 0) is 48.7 Å². The van der Waals surface area contributed by atoms with E-state index in [-0.39, 0.29) is 21.6 Å². The lowest BCUT2D eigenvalue weighted by Gasteiger charge is -2.44. The summed E-state index contributed by atoms with van der Waals surface area (Å²) in [6, 6.07) is 46.4. The number of carbonyl (C=O) groups excluding carboxylic acids is 2. The van der Waals surface area contributed by atoms with E-state index < -0.39 is 93.1 Å². The van der Waals surface area contributed by atoms with Crippen molar-refractivity contribution < 1.29 is 55.7 Å². The Labute approximate surface area is 471 Å². The fourth-order valence-electron chi connectivity index (χ4n) is 10.9. The molecule has 2 saturated carbocycles. The van der Waals surface area contributed by atoms with Crippen molar-refractivity contribution in [2.24, 2.45) is 11.8 Å². The molecule has 80 heavy (non-hydrogen) atoms. The highest BCUT2D eigenvalue weighted by Crippen LogP contribution is 2.49. The molecule has 2 N–H and O–H groups in total. The summed E-state index contributed by atoms with van der Waals surface area (Å²) in [6.45, 7) is 0.736. The zero-order chi connectivity index (χ0) is 56.0. The third kappa shape index (κ3) is 11.0. The largest absolute Gasteiger partial charge is 0.481 e. The van der Waals surface area contributed by atoms with Gasteiger partial charge in [-0.15, -0.1) is 0 Å². The molecule has 12 rings (SSSR count). The van der Waals surface area contributed by atoms with Gasteiger partial charge in [0, 0.05) is 33.9 Å². The molecule has 4 aliphatic rings. The van der Waals surface area contributed by atoms with Crippen LogP contribution in [0.25, 0.3) is 21.8 Å². The highest BCUT2D eigenvalue weighted by atomic mass is 35.5. The SMILES string of the molecule is O=C(O)C[C@@H]1O[C@H](c2cccc(Cl)c2)[C@@H](c2cc3ccccc3n2S(=O)(=O)c2ccccc2)N(CC2CC2)C1=O.O=C(O)C[C@H]1O[C@H](c2cccc(Cl)c2)[C@@H](c2cc3ccccc3n2S(=O)(=O)c2ccccc2)N(CC2CC2)C1=O. The second-order valence-electron chi connectivity index (χ2n) is 20.6. The molecular formula is C60H54Cl2N4O12S2. The Bertz CT molecular complexity index is 3650. The van der Waals surface area contributed by atoms with Gasteiger partial charge in [0.05, 0.1) is 45.1 Å². The fourth-order valence-corrected chi connectivity index (χ4v) is 14.5. The van der Waals surface area contributed by atoms with Gasteiger partial charge < -0.3 is 29.5 Å². The molecule has 16 nitrogen and oxygen atoms in total. The molecule has 2 aliphatic carbocycles. The van der Waals surface area contributed by atoms with Crippen LogP contribution in [0.1, 0.15) is 85.3 Å². The van der Waals surface area contributed by atoms with Crippen molar-refractivity contribution in [3.8, 4) is 0 Å². The summed E-state index contributed by atoms with van der Waals surface area (Å²) in [4.78, 5) is 54.6. The number of benzene rings is 6. The maximum absolute atomic E-state index is 14.2. The van der Waals surface area contributed by atoms with E-state index in [1.54, 1.807) is 131 Å². The number of hydrogen-bond acceptors (Lipinski definition) is 10. The lowest BCUT2D eigenvalue weighted by Crippen LogP contribution is -2.52. The maximum atomic E-state index is 14.2. The zero-order valence-corrected chi connectivity index (χ0v) is 45.9. The summed E-state index contributed by atoms with van der Waals surface area (Å²) < 4.78 is 72.0. The van der Waals surface area contributed by atoms with Gasteiger partial charge in [-0.1, -0.05) is 120 Å². The van der Waals surface area contributed by atoms with Crippen molar-refractivity contribution in [2.75, 3.05) is 13.1 Å². The Morgan fingerprint density at radius 1 is 0.487 bits per heavy atom. The Kier molecular flexibility index (Phi) is 15.2. The molecule has 4 heterocycles. The number of rotatable bonds is 16. The minimum atomic E-state index is -4.10. The average Bonchev–Trinajstić information content (AvgIpc) is 4.50. The first-order chi connectivity index (χ1) is 38.5. The van der Waals surface area contributed by atoms with Gasteiger partial charge >= 0.3 is 11.9 Å². The van der Waals surface area contributed by atoms with Gasteiger partial charge in [-0.05, 0) is 121 Å². The molecule has 0 spiro atoms. The van der Waals surface area contributed by atoms with Gasteiger partial charge in [0.2, 0.25) is 0 Å². The molecule has 2 aromatic heterocycles. The predicted molar refractivity (Wildman–Crippen MR) is 299 cm³/mol. The summed E-state index contributed by atoms with van der Waals surface area (Å²) >= 11 is 12.7. The van der Waals surface area contributed by atoms with Crippen LogP contribution in [0.3, 0.4) is 0 Å². The van der Waals surface area contributed by atoms with E-state index in [4.69, 9.17) is 32.7 Å². The number of carboxylic acid groups (broad SMARTS) is 2. The molecule has 2 amide bonds. The molecule has 4 fully saturated rings. The first-order valence-corrected chi connectivity index (χ1v) is 29.8. The number of aromatic nitrogens is 2. The Morgan fingerprint density at radius 2 is 0.850 bits per heavy atom. The molecule has 0 bridgehead atoms. The minimum Gasteiger partial charge on any atom is -0.481 e. The molecule has 8 aromatic rings. The summed E-state index contributed by atoms with van der Waals surface area (Å²) in [5.74, 6) is -2.75. The number of para-hydroxylation sites is 2. The van der Waals surface area contributed by atoms with Gasteiger partial charge in [-0.2, -0.15) is 0 Å². The van der Waals surface area contributed by atoms with E-state index in [2.05, 4.69) is 0 Å². The number of fused-ring (bicyclic) bond motifs is 2. The van der Waals surface area contributed by atoms with E-state index in [9.17, 15) is 46.2 Å². The Morgan fingerprint density at radius 3 is 1.20 bits per heavy atom. The molecule has 0 radical (unpaired) electrons. The van der Waals surface area contributed by atoms with Crippen LogP contribution in [0.15, 0.2) is 180 Å². The summed E-state index contributed by atoms with van der Waals surface area (Å²) in [5.41, 5.74) is 2.90. The molecule has 412 valence electrons. The maximum Gasteiger partial charge on any atom is 0.306 e. The molecular weight excluding hydrogens is 1100 g/mol. The number of carbonyl (C=O) groups is 4. The monoisotopic (exact) mass is 1160 g/mol. The molecule has 6 aromatic carbocycles. The third-order valence-electron chi connectivity index (χ3n) is 14.9. The highest BCUT2D eigenvalue weighted by molar-refractivity contribution is 7.90. The second-order valence-corrected chi connectivity index (χ2v) is 25.0. The number of halogens is 2. The summed E-state index contributed by atoms with van der Waals surface area (Å²) in [7, 11) is -8.20. The first-order valence-electron chi connectivity index (χ1n) is 26.2. The van der Waals surface area contributed by atoms with Crippen LogP contribution in [0, 0.1) is 11.8 Å². The van der Waals surface area contributed by atoms with Crippen molar-refractivity contribution in [3.05, 3.63) is 202 Å². The van der Waals surface area contributed by atoms with E-state index in [1.165, 1.54) is 32.2 Å². The highest BCUT2D eigenvalue weighted by Gasteiger charge is 2.50. The van der Waals surface area contributed by atoms with Crippen LogP contribution >= 0.6 is 23.2 Å². The van der Waals surface area contributed by atoms with Crippen LogP contribution < -0.4 is 0 Å². The van der Waals surface area contributed by atoms with Crippen LogP contribution in [0.4, 0.5) is 0 Å². The molecule has 6 atom stereocenters. The molecule has 20 heteroatoms. The van der Waals surface area contributed by atoms with Crippen LogP contribution in [-0.4, -0.2) is 93.8 Å². The normalized spacial score (nSPS) is 21.6. The molecule has 0 unspecified atom stereocenters. The quantitative estimate of drug-likeness (QED) is 0.0925. The summed E-state index contributed by atoms with van der Waals surface area (Å²) in [5, 5.41) is 21.4. The molecule has 2 aliphatic heterocycles. The number of amides is 2. The number of carboxylic acids is 2. The van der Waals surface area contributed by atoms with Gasteiger partial charge in [0.25, 0.3) is 31.9 Å². The van der Waals surface area contributed by atoms with E-state index in [1.807, 2.05) is 24.3 Å². The zero-order valence-electron chi connectivity index (χ0n) is 42.8. The van der Waals surface area contributed by atoms with Crippen LogP contribution in [0.2, 0.25) is 10.0 Å². The fraction of sp³-hybridized carbons (Fsp3) is 0.267. The van der Waals surface area contributed by atoms with Crippen molar-refractivity contribution in [2.45, 2.75) is 84.8 Å². The van der Waals surface area contributed by atoms with Crippen molar-refractivity contribution in [1.29, 1.82) is 0 Å². The molecule has 2 saturated heterocycles. The van der Waals surface area contributed by atoms with Gasteiger partial charge in [-0.25, -0.2) is 24.8 Å². The van der Waals surface area contributed by atoms with Gasteiger partial charge in [0.15, 0.2) is 0 Å². The Hall–Kier alpha value is -7.32. The lowest BCUT2D eigenvalue weighted by molar-refractivity contribution is -0.179.